The predicted molar refractivity (Wildman–Crippen MR) is 72.3 cm³/mol. The highest BCUT2D eigenvalue weighted by Gasteiger charge is 2.22. The van der Waals surface area contributed by atoms with Gasteiger partial charge in [0.25, 0.3) is 5.91 Å². The summed E-state index contributed by atoms with van der Waals surface area (Å²) in [7, 11) is 1.55. The molecule has 1 aliphatic heterocycles. The number of para-hydroxylation sites is 1. The van der Waals surface area contributed by atoms with Gasteiger partial charge < -0.3 is 24.6 Å². The predicted octanol–water partition coefficient (Wildman–Crippen LogP) is 0.585. The Morgan fingerprint density at radius 2 is 2.25 bits per heavy atom. The molecule has 6 nitrogen and oxygen atoms in total. The minimum absolute atomic E-state index is 0.0131. The summed E-state index contributed by atoms with van der Waals surface area (Å²) in [5.41, 5.74) is 0.432. The molecule has 1 atom stereocenters. The first-order valence-electron chi connectivity index (χ1n) is 6.55. The van der Waals surface area contributed by atoms with Crippen LogP contribution in [0.2, 0.25) is 0 Å². The van der Waals surface area contributed by atoms with Crippen molar-refractivity contribution in [1.82, 2.24) is 5.32 Å². The molecule has 1 unspecified atom stereocenters. The van der Waals surface area contributed by atoms with E-state index in [1.54, 1.807) is 25.3 Å². The molecule has 1 aliphatic rings. The molecule has 0 saturated heterocycles. The van der Waals surface area contributed by atoms with E-state index in [0.29, 0.717) is 43.3 Å². The average molecular weight is 281 g/mol. The molecule has 2 rings (SSSR count). The van der Waals surface area contributed by atoms with Crippen LogP contribution in [-0.4, -0.2) is 50.6 Å². The maximum absolute atomic E-state index is 12.3. The zero-order valence-corrected chi connectivity index (χ0v) is 11.4. The Morgan fingerprint density at radius 1 is 1.45 bits per heavy atom. The summed E-state index contributed by atoms with van der Waals surface area (Å²) in [6, 6.07) is 4.97. The SMILES string of the molecule is COCC(CCO)NC(=O)c1cccc2c1OCCO2. The maximum atomic E-state index is 12.3. The van der Waals surface area contributed by atoms with Crippen LogP contribution in [0.3, 0.4) is 0 Å². The third kappa shape index (κ3) is 3.40. The van der Waals surface area contributed by atoms with Crippen LogP contribution in [-0.2, 0) is 4.74 Å². The molecular formula is C14H19NO5. The number of nitrogens with one attached hydrogen (secondary N) is 1. The summed E-state index contributed by atoms with van der Waals surface area (Å²) in [5, 5.41) is 11.8. The Hall–Kier alpha value is -1.79. The Bertz CT molecular complexity index is 457. The van der Waals surface area contributed by atoms with Gasteiger partial charge in [-0.2, -0.15) is 0 Å². The van der Waals surface area contributed by atoms with Gasteiger partial charge in [-0.3, -0.25) is 4.79 Å². The summed E-state index contributed by atoms with van der Waals surface area (Å²) in [5.74, 6) is 0.786. The summed E-state index contributed by atoms with van der Waals surface area (Å²) >= 11 is 0. The third-order valence-electron chi connectivity index (χ3n) is 2.99. The molecule has 0 bridgehead atoms. The maximum Gasteiger partial charge on any atom is 0.255 e. The van der Waals surface area contributed by atoms with Crippen molar-refractivity contribution in [1.29, 1.82) is 0 Å². The van der Waals surface area contributed by atoms with Crippen molar-refractivity contribution in [2.24, 2.45) is 0 Å². The first kappa shape index (κ1) is 14.6. The van der Waals surface area contributed by atoms with Crippen LogP contribution in [0.5, 0.6) is 11.5 Å². The van der Waals surface area contributed by atoms with E-state index in [1.165, 1.54) is 0 Å². The van der Waals surface area contributed by atoms with Crippen LogP contribution in [0, 0.1) is 0 Å². The quantitative estimate of drug-likeness (QED) is 0.798. The number of fused-ring (bicyclic) bond motifs is 1. The molecule has 0 fully saturated rings. The van der Waals surface area contributed by atoms with Crippen molar-refractivity contribution in [2.45, 2.75) is 12.5 Å². The van der Waals surface area contributed by atoms with E-state index in [1.807, 2.05) is 0 Å². The second-order valence-corrected chi connectivity index (χ2v) is 4.47. The smallest absolute Gasteiger partial charge is 0.255 e. The van der Waals surface area contributed by atoms with E-state index < -0.39 is 0 Å². The number of aliphatic hydroxyl groups is 1. The molecule has 0 radical (unpaired) electrons. The molecule has 0 spiro atoms. The molecule has 20 heavy (non-hydrogen) atoms. The lowest BCUT2D eigenvalue weighted by molar-refractivity contribution is 0.0868. The van der Waals surface area contributed by atoms with Gasteiger partial charge in [0.1, 0.15) is 13.2 Å². The van der Waals surface area contributed by atoms with E-state index in [9.17, 15) is 4.79 Å². The lowest BCUT2D eigenvalue weighted by Gasteiger charge is -2.22. The van der Waals surface area contributed by atoms with Crippen LogP contribution in [0.1, 0.15) is 16.8 Å². The summed E-state index contributed by atoms with van der Waals surface area (Å²) in [6.45, 7) is 1.24. The highest BCUT2D eigenvalue weighted by atomic mass is 16.6. The monoisotopic (exact) mass is 281 g/mol. The molecule has 110 valence electrons. The lowest BCUT2D eigenvalue weighted by atomic mass is 10.1. The Morgan fingerprint density at radius 3 is 3.00 bits per heavy atom. The fourth-order valence-electron chi connectivity index (χ4n) is 2.07. The van der Waals surface area contributed by atoms with Crippen LogP contribution in [0.15, 0.2) is 18.2 Å². The fraction of sp³-hybridized carbons (Fsp3) is 0.500. The number of ether oxygens (including phenoxy) is 3. The fourth-order valence-corrected chi connectivity index (χ4v) is 2.07. The molecule has 0 saturated carbocycles. The molecule has 6 heteroatoms. The normalized spacial score (nSPS) is 14.7. The standard InChI is InChI=1S/C14H19NO5/c1-18-9-10(5-6-16)15-14(17)11-3-2-4-12-13(11)20-8-7-19-12/h2-4,10,16H,5-9H2,1H3,(H,15,17). The molecule has 1 aromatic rings. The number of amides is 1. The van der Waals surface area contributed by atoms with E-state index in [-0.39, 0.29) is 18.6 Å². The number of aliphatic hydroxyl groups excluding tert-OH is 1. The number of hydrogen-bond acceptors (Lipinski definition) is 5. The van der Waals surface area contributed by atoms with Gasteiger partial charge in [-0.25, -0.2) is 0 Å². The van der Waals surface area contributed by atoms with Gasteiger partial charge in [-0.1, -0.05) is 6.07 Å². The first-order valence-corrected chi connectivity index (χ1v) is 6.55. The Labute approximate surface area is 117 Å². The van der Waals surface area contributed by atoms with Crippen molar-refractivity contribution in [3.05, 3.63) is 23.8 Å². The van der Waals surface area contributed by atoms with Gasteiger partial charge in [0.15, 0.2) is 11.5 Å². The zero-order valence-electron chi connectivity index (χ0n) is 11.4. The molecular weight excluding hydrogens is 262 g/mol. The van der Waals surface area contributed by atoms with Crippen LogP contribution in [0.25, 0.3) is 0 Å². The van der Waals surface area contributed by atoms with Crippen molar-refractivity contribution in [2.75, 3.05) is 33.5 Å². The number of rotatable bonds is 6. The van der Waals surface area contributed by atoms with Gasteiger partial charge in [0.05, 0.1) is 18.2 Å². The number of methoxy groups -OCH3 is 1. The van der Waals surface area contributed by atoms with Crippen molar-refractivity contribution < 1.29 is 24.1 Å². The minimum atomic E-state index is -0.261. The van der Waals surface area contributed by atoms with Crippen molar-refractivity contribution in [3.63, 3.8) is 0 Å². The van der Waals surface area contributed by atoms with Gasteiger partial charge in [0, 0.05) is 13.7 Å². The minimum Gasteiger partial charge on any atom is -0.486 e. The molecule has 2 N–H and O–H groups in total. The average Bonchev–Trinajstić information content (AvgIpc) is 2.47. The van der Waals surface area contributed by atoms with E-state index >= 15 is 0 Å². The second-order valence-electron chi connectivity index (χ2n) is 4.47. The Balaban J connectivity index is 2.12. The largest absolute Gasteiger partial charge is 0.486 e. The topological polar surface area (TPSA) is 77.0 Å². The molecule has 0 aromatic heterocycles. The highest BCUT2D eigenvalue weighted by molar-refractivity contribution is 5.98. The molecule has 0 aliphatic carbocycles. The molecule has 1 amide bonds. The third-order valence-corrected chi connectivity index (χ3v) is 2.99. The highest BCUT2D eigenvalue weighted by Crippen LogP contribution is 2.33. The lowest BCUT2D eigenvalue weighted by Crippen LogP contribution is -2.39. The van der Waals surface area contributed by atoms with Gasteiger partial charge in [-0.15, -0.1) is 0 Å². The number of benzene rings is 1. The molecule has 1 aromatic carbocycles. The van der Waals surface area contributed by atoms with E-state index in [4.69, 9.17) is 19.3 Å². The number of hydrogen-bond donors (Lipinski definition) is 2. The van der Waals surface area contributed by atoms with Crippen molar-refractivity contribution in [3.8, 4) is 11.5 Å². The van der Waals surface area contributed by atoms with Crippen LogP contribution < -0.4 is 14.8 Å². The second kappa shape index (κ2) is 7.12. The van der Waals surface area contributed by atoms with E-state index in [0.717, 1.165) is 0 Å². The van der Waals surface area contributed by atoms with Crippen LogP contribution >= 0.6 is 0 Å². The van der Waals surface area contributed by atoms with Gasteiger partial charge in [-0.05, 0) is 18.6 Å². The Kier molecular flexibility index (Phi) is 5.20. The summed E-state index contributed by atoms with van der Waals surface area (Å²) in [4.78, 5) is 12.3. The number of carbonyl (C=O) groups excluding carboxylic acids is 1. The van der Waals surface area contributed by atoms with E-state index in [2.05, 4.69) is 5.32 Å². The van der Waals surface area contributed by atoms with Crippen molar-refractivity contribution >= 4 is 5.91 Å². The van der Waals surface area contributed by atoms with Crippen LogP contribution in [0.4, 0.5) is 0 Å². The molecule has 1 heterocycles. The first-order chi connectivity index (χ1) is 9.76. The zero-order chi connectivity index (χ0) is 14.4. The number of carbonyl (C=O) groups is 1. The van der Waals surface area contributed by atoms with Gasteiger partial charge >= 0.3 is 0 Å². The van der Waals surface area contributed by atoms with Gasteiger partial charge in [0.2, 0.25) is 0 Å². The summed E-state index contributed by atoms with van der Waals surface area (Å²) < 4.78 is 16.0. The summed E-state index contributed by atoms with van der Waals surface area (Å²) in [6.07, 6.45) is 0.436.